The van der Waals surface area contributed by atoms with Gasteiger partial charge in [0, 0.05) is 37.8 Å². The number of benzene rings is 1. The lowest BCUT2D eigenvalue weighted by atomic mass is 10.0. The lowest BCUT2D eigenvalue weighted by molar-refractivity contribution is 0.0515. The van der Waals surface area contributed by atoms with E-state index in [9.17, 15) is 9.59 Å². The van der Waals surface area contributed by atoms with Gasteiger partial charge in [0.2, 0.25) is 5.76 Å². The van der Waals surface area contributed by atoms with E-state index in [-0.39, 0.29) is 17.6 Å². The Morgan fingerprint density at radius 3 is 2.21 bits per heavy atom. The summed E-state index contributed by atoms with van der Waals surface area (Å²) in [7, 11) is 0. The molecule has 3 heterocycles. The van der Waals surface area contributed by atoms with E-state index in [1.807, 2.05) is 35.4 Å². The summed E-state index contributed by atoms with van der Waals surface area (Å²) >= 11 is 1.46. The predicted molar refractivity (Wildman–Crippen MR) is 108 cm³/mol. The highest BCUT2D eigenvalue weighted by Gasteiger charge is 2.28. The summed E-state index contributed by atoms with van der Waals surface area (Å²) in [5.41, 5.74) is 3.88. The van der Waals surface area contributed by atoms with Crippen LogP contribution in [0.15, 0.2) is 46.3 Å². The fourth-order valence-electron chi connectivity index (χ4n) is 3.31. The Morgan fingerprint density at radius 1 is 0.964 bits per heavy atom. The Bertz CT molecular complexity index is 998. The van der Waals surface area contributed by atoms with Gasteiger partial charge in [0.15, 0.2) is 0 Å². The van der Waals surface area contributed by atoms with Crippen molar-refractivity contribution in [1.82, 2.24) is 15.0 Å². The number of thiophene rings is 1. The number of aryl methyl sites for hydroxylation is 2. The van der Waals surface area contributed by atoms with Crippen LogP contribution in [-0.2, 0) is 0 Å². The number of piperazine rings is 1. The highest BCUT2D eigenvalue weighted by atomic mass is 32.1. The number of amides is 2. The minimum absolute atomic E-state index is 0.0215. The average Bonchev–Trinajstić information content (AvgIpc) is 3.37. The summed E-state index contributed by atoms with van der Waals surface area (Å²) in [5.74, 6) is 0.0922. The van der Waals surface area contributed by atoms with Gasteiger partial charge < -0.3 is 14.3 Å². The molecular formula is C21H21N3O3S. The molecule has 6 nitrogen and oxygen atoms in total. The third kappa shape index (κ3) is 3.57. The summed E-state index contributed by atoms with van der Waals surface area (Å²) in [6.45, 7) is 5.80. The number of carbonyl (C=O) groups excluding carboxylic acids is 2. The third-order valence-electron chi connectivity index (χ3n) is 4.91. The van der Waals surface area contributed by atoms with Crippen molar-refractivity contribution in [3.63, 3.8) is 0 Å². The van der Waals surface area contributed by atoms with Gasteiger partial charge in [0.25, 0.3) is 11.8 Å². The van der Waals surface area contributed by atoms with Crippen LogP contribution in [0.1, 0.15) is 31.5 Å². The van der Waals surface area contributed by atoms with Gasteiger partial charge in [-0.2, -0.15) is 0 Å². The van der Waals surface area contributed by atoms with Crippen molar-refractivity contribution in [3.8, 4) is 11.1 Å². The molecule has 0 atom stereocenters. The molecule has 3 aromatic rings. The Morgan fingerprint density at radius 2 is 1.61 bits per heavy atom. The zero-order valence-electron chi connectivity index (χ0n) is 15.8. The minimum Gasteiger partial charge on any atom is -0.351 e. The van der Waals surface area contributed by atoms with Crippen molar-refractivity contribution < 1.29 is 14.1 Å². The zero-order chi connectivity index (χ0) is 19.7. The van der Waals surface area contributed by atoms with Crippen molar-refractivity contribution in [3.05, 3.63) is 63.7 Å². The number of nitrogens with zero attached hydrogens (tertiary/aromatic N) is 3. The smallest absolute Gasteiger partial charge is 0.292 e. The number of aromatic nitrogens is 1. The van der Waals surface area contributed by atoms with Gasteiger partial charge in [-0.15, -0.1) is 11.3 Å². The molecule has 1 aliphatic heterocycles. The summed E-state index contributed by atoms with van der Waals surface area (Å²) < 4.78 is 5.07. The molecule has 1 fully saturated rings. The molecule has 0 unspecified atom stereocenters. The molecule has 0 N–H and O–H groups in total. The Kier molecular flexibility index (Phi) is 5.00. The van der Waals surface area contributed by atoms with Crippen LogP contribution in [-0.4, -0.2) is 52.9 Å². The van der Waals surface area contributed by atoms with E-state index in [1.165, 1.54) is 16.9 Å². The second-order valence-corrected chi connectivity index (χ2v) is 7.86. The van der Waals surface area contributed by atoms with Gasteiger partial charge in [-0.3, -0.25) is 9.59 Å². The molecule has 0 radical (unpaired) electrons. The topological polar surface area (TPSA) is 66.7 Å². The molecule has 1 saturated heterocycles. The SMILES string of the molecule is Cc1ccc(-c2ccsc2C(=O)N2CCN(C(=O)c3cc(C)no3)CC2)cc1. The Labute approximate surface area is 167 Å². The number of hydrogen-bond acceptors (Lipinski definition) is 5. The average molecular weight is 395 g/mol. The first kappa shape index (κ1) is 18.4. The second kappa shape index (κ2) is 7.59. The second-order valence-electron chi connectivity index (χ2n) is 6.95. The number of hydrogen-bond donors (Lipinski definition) is 0. The van der Waals surface area contributed by atoms with Crippen LogP contribution < -0.4 is 0 Å². The first-order valence-electron chi connectivity index (χ1n) is 9.19. The van der Waals surface area contributed by atoms with Crippen LogP contribution in [0.4, 0.5) is 0 Å². The van der Waals surface area contributed by atoms with Crippen molar-refractivity contribution in [2.75, 3.05) is 26.2 Å². The molecule has 0 bridgehead atoms. The highest BCUT2D eigenvalue weighted by molar-refractivity contribution is 7.12. The molecule has 28 heavy (non-hydrogen) atoms. The molecule has 1 aliphatic rings. The summed E-state index contributed by atoms with van der Waals surface area (Å²) in [6, 6.07) is 11.8. The number of carbonyl (C=O) groups is 2. The molecule has 1 aromatic carbocycles. The summed E-state index contributed by atoms with van der Waals surface area (Å²) in [4.78, 5) is 29.8. The van der Waals surface area contributed by atoms with E-state index in [1.54, 1.807) is 17.9 Å². The molecule has 4 rings (SSSR count). The first-order chi connectivity index (χ1) is 13.5. The molecule has 0 saturated carbocycles. The van der Waals surface area contributed by atoms with Crippen molar-refractivity contribution in [2.24, 2.45) is 0 Å². The minimum atomic E-state index is -0.177. The van der Waals surface area contributed by atoms with Crippen LogP contribution in [0.5, 0.6) is 0 Å². The van der Waals surface area contributed by atoms with Gasteiger partial charge in [-0.05, 0) is 30.9 Å². The fourth-order valence-corrected chi connectivity index (χ4v) is 4.19. The zero-order valence-corrected chi connectivity index (χ0v) is 16.7. The Balaban J connectivity index is 1.44. The van der Waals surface area contributed by atoms with Gasteiger partial charge in [-0.1, -0.05) is 35.0 Å². The maximum atomic E-state index is 13.1. The maximum absolute atomic E-state index is 13.1. The summed E-state index contributed by atoms with van der Waals surface area (Å²) in [6.07, 6.45) is 0. The normalized spacial score (nSPS) is 14.4. The molecule has 7 heteroatoms. The van der Waals surface area contributed by atoms with E-state index in [0.717, 1.165) is 16.0 Å². The monoisotopic (exact) mass is 395 g/mol. The van der Waals surface area contributed by atoms with Crippen LogP contribution in [0, 0.1) is 13.8 Å². The van der Waals surface area contributed by atoms with Crippen molar-refractivity contribution >= 4 is 23.2 Å². The molecule has 0 aliphatic carbocycles. The van der Waals surface area contributed by atoms with Crippen LogP contribution in [0.25, 0.3) is 11.1 Å². The van der Waals surface area contributed by atoms with E-state index in [2.05, 4.69) is 17.3 Å². The highest BCUT2D eigenvalue weighted by Crippen LogP contribution is 2.30. The lowest BCUT2D eigenvalue weighted by Gasteiger charge is -2.34. The van der Waals surface area contributed by atoms with Gasteiger partial charge in [0.1, 0.15) is 0 Å². The third-order valence-corrected chi connectivity index (χ3v) is 5.82. The van der Waals surface area contributed by atoms with Crippen LogP contribution >= 0.6 is 11.3 Å². The largest absolute Gasteiger partial charge is 0.351 e. The molecule has 2 aromatic heterocycles. The van der Waals surface area contributed by atoms with Gasteiger partial charge in [0.05, 0.1) is 10.6 Å². The van der Waals surface area contributed by atoms with Crippen molar-refractivity contribution in [2.45, 2.75) is 13.8 Å². The standard InChI is InChI=1S/C21H21N3O3S/c1-14-3-5-16(6-4-14)17-7-12-28-19(17)21(26)24-10-8-23(9-11-24)20(25)18-13-15(2)22-27-18/h3-7,12-13H,8-11H2,1-2H3. The van der Waals surface area contributed by atoms with Crippen molar-refractivity contribution in [1.29, 1.82) is 0 Å². The molecule has 0 spiro atoms. The van der Waals surface area contributed by atoms with Gasteiger partial charge in [-0.25, -0.2) is 0 Å². The fraction of sp³-hybridized carbons (Fsp3) is 0.286. The van der Waals surface area contributed by atoms with Crippen LogP contribution in [0.3, 0.4) is 0 Å². The van der Waals surface area contributed by atoms with Gasteiger partial charge >= 0.3 is 0 Å². The first-order valence-corrected chi connectivity index (χ1v) is 10.1. The molecular weight excluding hydrogens is 374 g/mol. The van der Waals surface area contributed by atoms with E-state index in [4.69, 9.17) is 4.52 Å². The summed E-state index contributed by atoms with van der Waals surface area (Å²) in [5, 5.41) is 5.72. The lowest BCUT2D eigenvalue weighted by Crippen LogP contribution is -2.50. The Hall–Kier alpha value is -2.93. The molecule has 2 amide bonds. The van der Waals surface area contributed by atoms with Crippen LogP contribution in [0.2, 0.25) is 0 Å². The van der Waals surface area contributed by atoms with E-state index >= 15 is 0 Å². The van der Waals surface area contributed by atoms with E-state index < -0.39 is 0 Å². The quantitative estimate of drug-likeness (QED) is 0.679. The molecule has 144 valence electrons. The number of rotatable bonds is 3. The van der Waals surface area contributed by atoms with E-state index in [0.29, 0.717) is 31.9 Å². The maximum Gasteiger partial charge on any atom is 0.292 e. The predicted octanol–water partition coefficient (Wildman–Crippen LogP) is 3.62.